The van der Waals surface area contributed by atoms with E-state index in [1.165, 1.54) is 42.6 Å². The molecule has 6 heterocycles. The molecule has 0 unspecified atom stereocenters. The van der Waals surface area contributed by atoms with Gasteiger partial charge in [-0.3, -0.25) is 19.1 Å². The molecule has 10 rings (SSSR count). The molecule has 21 heteroatoms. The molecule has 0 saturated heterocycles. The smallest absolute Gasteiger partial charge is 0.180 e. The van der Waals surface area contributed by atoms with E-state index in [1.807, 2.05) is 30.0 Å². The molecule has 2 aliphatic rings. The Morgan fingerprint density at radius 1 is 0.580 bits per heavy atom. The summed E-state index contributed by atoms with van der Waals surface area (Å²) in [7, 11) is 3.86. The predicted octanol–water partition coefficient (Wildman–Crippen LogP) is 5.25. The van der Waals surface area contributed by atoms with Crippen LogP contribution in [0.2, 0.25) is 0 Å². The molecule has 0 bridgehead atoms. The molecule has 0 spiro atoms. The van der Waals surface area contributed by atoms with E-state index < -0.39 is 0 Å². The lowest BCUT2D eigenvalue weighted by atomic mass is 10.2. The molecule has 6 aromatic heterocycles. The van der Waals surface area contributed by atoms with E-state index in [9.17, 15) is 13.2 Å². The van der Waals surface area contributed by atoms with Gasteiger partial charge in [0.05, 0.1) is 44.3 Å². The highest BCUT2D eigenvalue weighted by atomic mass is 19.1. The minimum atomic E-state index is -0.382. The number of anilines is 2. The summed E-state index contributed by atoms with van der Waals surface area (Å²) in [4.78, 5) is 31.6. The fourth-order valence-corrected chi connectivity index (χ4v) is 7.99. The van der Waals surface area contributed by atoms with Crippen molar-refractivity contribution in [1.29, 1.82) is 0 Å². The van der Waals surface area contributed by atoms with Crippen LogP contribution in [0.1, 0.15) is 47.0 Å². The first-order valence-electron chi connectivity index (χ1n) is 22.2. The van der Waals surface area contributed by atoms with E-state index >= 15 is 0 Å². The van der Waals surface area contributed by atoms with Crippen molar-refractivity contribution in [2.45, 2.75) is 51.6 Å². The number of aromatic nitrogens is 12. The maximum Gasteiger partial charge on any atom is 0.180 e. The topological polar surface area (TPSA) is 215 Å². The summed E-state index contributed by atoms with van der Waals surface area (Å²) in [6.45, 7) is 0.707. The Balaban J connectivity index is 0.000000173. The maximum absolute atomic E-state index is 13.8. The lowest BCUT2D eigenvalue weighted by Gasteiger charge is -2.21. The van der Waals surface area contributed by atoms with Crippen molar-refractivity contribution in [1.82, 2.24) is 59.4 Å². The minimum Gasteiger partial charge on any atom is -0.491 e. The molecule has 0 amide bonds. The summed E-state index contributed by atoms with van der Waals surface area (Å²) in [5.41, 5.74) is 6.48. The Morgan fingerprint density at radius 3 is 1.55 bits per heavy atom. The lowest BCUT2D eigenvalue weighted by molar-refractivity contribution is 0.186. The van der Waals surface area contributed by atoms with Gasteiger partial charge >= 0.3 is 0 Å². The third kappa shape index (κ3) is 11.5. The first kappa shape index (κ1) is 47.7. The zero-order valence-corrected chi connectivity index (χ0v) is 37.9. The Hall–Kier alpha value is -7.75. The number of aryl methyl sites for hydroxylation is 2. The van der Waals surface area contributed by atoms with Gasteiger partial charge in [0.2, 0.25) is 0 Å². The Bertz CT molecular complexity index is 3010. The normalized spacial score (nSPS) is 12.3. The van der Waals surface area contributed by atoms with Crippen LogP contribution < -0.4 is 14.5 Å². The zero-order valence-electron chi connectivity index (χ0n) is 37.9. The Kier molecular flexibility index (Phi) is 15.5. The number of fused-ring (bicyclic) bond motifs is 2. The molecule has 2 aliphatic carbocycles. The number of ether oxygens (including phenoxy) is 1. The highest BCUT2D eigenvalue weighted by Gasteiger charge is 2.26. The number of pyridine rings is 2. The first-order valence-corrected chi connectivity index (χ1v) is 22.2. The van der Waals surface area contributed by atoms with Crippen molar-refractivity contribution in [2.24, 2.45) is 0 Å². The lowest BCUT2D eigenvalue weighted by Crippen LogP contribution is -2.22. The molecule has 18 nitrogen and oxygen atoms in total. The summed E-state index contributed by atoms with van der Waals surface area (Å²) < 4.78 is 50.2. The van der Waals surface area contributed by atoms with Crippen LogP contribution in [0.25, 0.3) is 34.4 Å². The van der Waals surface area contributed by atoms with Crippen molar-refractivity contribution in [3.63, 3.8) is 0 Å². The molecule has 0 aliphatic heterocycles. The molecule has 0 saturated carbocycles. The average molecular weight is 943 g/mol. The van der Waals surface area contributed by atoms with Gasteiger partial charge in [-0.05, 0) is 87.1 Å². The molecule has 0 radical (unpaired) electrons. The fourth-order valence-electron chi connectivity index (χ4n) is 7.99. The summed E-state index contributed by atoms with van der Waals surface area (Å²) in [5.74, 6) is 3.37. The van der Waals surface area contributed by atoms with E-state index in [0.29, 0.717) is 64.9 Å². The van der Waals surface area contributed by atoms with Crippen LogP contribution in [0.5, 0.6) is 5.75 Å². The molecule has 8 aromatic rings. The highest BCUT2D eigenvalue weighted by molar-refractivity contribution is 5.61. The average Bonchev–Trinajstić information content (AvgIpc) is 4.22. The van der Waals surface area contributed by atoms with Crippen molar-refractivity contribution < 1.29 is 33.2 Å². The van der Waals surface area contributed by atoms with Gasteiger partial charge in [0.15, 0.2) is 23.3 Å². The Labute approximate surface area is 394 Å². The number of rotatable bonds is 14. The van der Waals surface area contributed by atoms with Crippen LogP contribution in [0.15, 0.2) is 97.8 Å². The monoisotopic (exact) mass is 942 g/mol. The first-order chi connectivity index (χ1) is 33.6. The molecule has 69 heavy (non-hydrogen) atoms. The van der Waals surface area contributed by atoms with Gasteiger partial charge in [-0.1, -0.05) is 12.1 Å². The number of aliphatic hydroxyl groups is 3. The highest BCUT2D eigenvalue weighted by Crippen LogP contribution is 2.33. The van der Waals surface area contributed by atoms with E-state index in [0.717, 1.165) is 72.7 Å². The second-order valence-corrected chi connectivity index (χ2v) is 16.0. The van der Waals surface area contributed by atoms with Gasteiger partial charge in [0.25, 0.3) is 0 Å². The Morgan fingerprint density at radius 2 is 1.07 bits per heavy atom. The van der Waals surface area contributed by atoms with Crippen molar-refractivity contribution in [2.75, 3.05) is 50.3 Å². The number of benzene rings is 2. The maximum atomic E-state index is 13.8. The van der Waals surface area contributed by atoms with Gasteiger partial charge in [0.1, 0.15) is 65.5 Å². The number of hydrogen-bond acceptors (Lipinski definition) is 16. The van der Waals surface area contributed by atoms with E-state index in [4.69, 9.17) is 35.0 Å². The van der Waals surface area contributed by atoms with Gasteiger partial charge in [-0.15, -0.1) is 20.4 Å². The third-order valence-electron chi connectivity index (χ3n) is 11.1. The van der Waals surface area contributed by atoms with Crippen LogP contribution in [0, 0.1) is 17.5 Å². The SMILES string of the molecule is CN(Cc1nncn1-c1cccc(F)c1)c1nc(-c2cc(F)ccn2)nc2c1CCC2.CN(Cc1nncn1-c1cccc(F)c1)c1nc(-c2cc(OCCO)ccn2)nc2c1CCC2.OCCO. The van der Waals surface area contributed by atoms with E-state index in [2.05, 4.69) is 35.3 Å². The molecular formula is C48H49F3N14O4. The van der Waals surface area contributed by atoms with E-state index in [1.54, 1.807) is 58.3 Å². The number of nitrogens with zero attached hydrogens (tertiary/aromatic N) is 14. The minimum absolute atomic E-state index is 0.0673. The molecular weight excluding hydrogens is 894 g/mol. The number of hydrogen-bond donors (Lipinski definition) is 3. The summed E-state index contributed by atoms with van der Waals surface area (Å²) >= 11 is 0. The standard InChI is InChI=1S/C24H24FN7O2.C22H19F2N7.C2H6O2/c1-31(14-22-30-27-15-32(22)17-5-2-4-16(25)12-17)24-19-6-3-7-20(19)28-23(29-24)21-13-18(8-9-26-21)34-11-10-33;1-30(12-20-29-26-13-31(20)16-5-2-4-14(23)10-16)22-17-6-3-7-18(17)27-21(28-22)19-11-15(24)8-9-25-19;3-1-2-4/h2,4-5,8-9,12-13,15,33H,3,6-7,10-11,14H2,1H3;2,4-5,8-11,13H,3,6-7,12H2,1H3;3-4H,1-2H2. The quantitative estimate of drug-likeness (QED) is 0.127. The molecule has 0 fully saturated rings. The van der Waals surface area contributed by atoms with E-state index in [-0.39, 0.29) is 43.9 Å². The molecule has 356 valence electrons. The van der Waals surface area contributed by atoms with Crippen molar-refractivity contribution in [3.05, 3.63) is 149 Å². The van der Waals surface area contributed by atoms with Crippen LogP contribution in [-0.2, 0) is 38.8 Å². The predicted molar refractivity (Wildman–Crippen MR) is 248 cm³/mol. The number of aliphatic hydroxyl groups excluding tert-OH is 3. The zero-order chi connectivity index (χ0) is 48.3. The van der Waals surface area contributed by atoms with Crippen molar-refractivity contribution >= 4 is 11.6 Å². The van der Waals surface area contributed by atoms with Gasteiger partial charge in [-0.2, -0.15) is 0 Å². The number of halogens is 3. The van der Waals surface area contributed by atoms with Gasteiger partial charge < -0.3 is 29.9 Å². The largest absolute Gasteiger partial charge is 0.491 e. The summed E-state index contributed by atoms with van der Waals surface area (Å²) in [6.07, 6.45) is 11.7. The van der Waals surface area contributed by atoms with Crippen LogP contribution >= 0.6 is 0 Å². The van der Waals surface area contributed by atoms with Crippen LogP contribution in [0.3, 0.4) is 0 Å². The second-order valence-electron chi connectivity index (χ2n) is 16.0. The van der Waals surface area contributed by atoms with Crippen LogP contribution in [-0.4, -0.2) is 115 Å². The van der Waals surface area contributed by atoms with Crippen LogP contribution in [0.4, 0.5) is 24.8 Å². The molecule has 0 atom stereocenters. The third-order valence-corrected chi connectivity index (χ3v) is 11.1. The summed E-state index contributed by atoms with van der Waals surface area (Å²) in [5, 5.41) is 40.8. The summed E-state index contributed by atoms with van der Waals surface area (Å²) in [6, 6.07) is 18.7. The van der Waals surface area contributed by atoms with Crippen molar-refractivity contribution in [3.8, 4) is 40.2 Å². The second kappa shape index (κ2) is 22.4. The molecule has 2 aromatic carbocycles. The van der Waals surface area contributed by atoms with Gasteiger partial charge in [0, 0.05) is 61.1 Å². The molecule has 3 N–H and O–H groups in total. The van der Waals surface area contributed by atoms with Gasteiger partial charge in [-0.25, -0.2) is 33.1 Å². The fraction of sp³-hybridized carbons (Fsp3) is 0.292.